The van der Waals surface area contributed by atoms with Gasteiger partial charge in [-0.25, -0.2) is 4.57 Å². The number of hydrogen-bond acceptors (Lipinski definition) is 2. The van der Waals surface area contributed by atoms with Gasteiger partial charge in [-0.3, -0.25) is 0 Å². The Kier molecular flexibility index (Phi) is 9.29. The Morgan fingerprint density at radius 3 is 1.94 bits per heavy atom. The molecule has 0 unspecified atom stereocenters. The first-order valence-corrected chi connectivity index (χ1v) is 18.3. The van der Waals surface area contributed by atoms with E-state index in [1.165, 1.54) is 50.1 Å². The molecule has 4 aromatic carbocycles. The summed E-state index contributed by atoms with van der Waals surface area (Å²) in [5.41, 5.74) is 12.4. The van der Waals surface area contributed by atoms with Crippen LogP contribution in [0.4, 0.5) is 42.2 Å². The molecule has 1 aliphatic heterocycles. The molecule has 10 heteroatoms. The predicted octanol–water partition coefficient (Wildman–Crippen LogP) is 12.9. The fraction of sp³-hybridized carbons (Fsp3) is 0.0976. The van der Waals surface area contributed by atoms with Crippen LogP contribution in [0.2, 0.25) is 0 Å². The third-order valence-corrected chi connectivity index (χ3v) is 8.60. The van der Waals surface area contributed by atoms with E-state index in [0.717, 1.165) is 24.2 Å². The van der Waals surface area contributed by atoms with Gasteiger partial charge in [0.15, 0.2) is 6.20 Å². The zero-order chi connectivity index (χ0) is 36.3. The average molecular weight is 716 g/mol. The Bertz CT molecular complexity index is 2170. The molecule has 0 bridgehead atoms. The van der Waals surface area contributed by atoms with Crippen LogP contribution in [-0.2, 0) is 7.05 Å². The van der Waals surface area contributed by atoms with Crippen molar-refractivity contribution in [2.45, 2.75) is 12.8 Å². The van der Waals surface area contributed by atoms with Crippen molar-refractivity contribution in [2.75, 3.05) is 16.8 Å². The summed E-state index contributed by atoms with van der Waals surface area (Å²) in [7, 11) is -6.45. The molecule has 0 radical (unpaired) electrons. The second-order valence-electron chi connectivity index (χ2n) is 12.3. The Morgan fingerprint density at radius 1 is 0.686 bits per heavy atom. The summed E-state index contributed by atoms with van der Waals surface area (Å²) in [6, 6.07) is 40.9. The minimum absolute atomic E-state index is 0.977. The summed E-state index contributed by atoms with van der Waals surface area (Å²) >= 11 is 0. The molecular formula is C41H36F6N3P. The normalized spacial score (nSPS) is 17.4. The van der Waals surface area contributed by atoms with Crippen LogP contribution in [-0.4, -0.2) is 7.05 Å². The Balaban J connectivity index is 0.000000582. The zero-order valence-electron chi connectivity index (χ0n) is 28.0. The molecule has 0 spiro atoms. The SMILES string of the molecule is CN1C=CC(=CC=C2CCC(C=Cc3cc[n+](C)c4ccccc34)=C2N(c2ccccc2)c2ccccc2)c2ccccc21.F[P-](F)(F)(F)(F)F. The second kappa shape index (κ2) is 13.4. The number of rotatable bonds is 6. The van der Waals surface area contributed by atoms with E-state index in [9.17, 15) is 25.2 Å². The van der Waals surface area contributed by atoms with Crippen molar-refractivity contribution in [2.24, 2.45) is 7.05 Å². The van der Waals surface area contributed by atoms with Gasteiger partial charge in [-0.15, -0.1) is 0 Å². The summed E-state index contributed by atoms with van der Waals surface area (Å²) in [5, 5.41) is 1.25. The Morgan fingerprint density at radius 2 is 1.27 bits per heavy atom. The van der Waals surface area contributed by atoms with E-state index in [1.807, 2.05) is 0 Å². The first-order valence-electron chi connectivity index (χ1n) is 16.3. The molecule has 0 amide bonds. The Labute approximate surface area is 293 Å². The number of allylic oxidation sites excluding steroid dienone is 7. The van der Waals surface area contributed by atoms with Gasteiger partial charge in [0.05, 0.1) is 11.1 Å². The second-order valence-corrected chi connectivity index (χ2v) is 14.2. The predicted molar refractivity (Wildman–Crippen MR) is 199 cm³/mol. The number of fused-ring (bicyclic) bond motifs is 2. The van der Waals surface area contributed by atoms with Crippen molar-refractivity contribution in [3.8, 4) is 0 Å². The summed E-state index contributed by atoms with van der Waals surface area (Å²) in [6.07, 6.45) is 17.7. The summed E-state index contributed by atoms with van der Waals surface area (Å²) in [6.45, 7) is 0. The van der Waals surface area contributed by atoms with E-state index in [-0.39, 0.29) is 0 Å². The number of hydrogen-bond donors (Lipinski definition) is 0. The first kappa shape index (κ1) is 35.4. The van der Waals surface area contributed by atoms with E-state index < -0.39 is 7.81 Å². The van der Waals surface area contributed by atoms with Gasteiger partial charge in [-0.05, 0) is 77.6 Å². The molecule has 262 valence electrons. The van der Waals surface area contributed by atoms with Gasteiger partial charge < -0.3 is 9.80 Å². The van der Waals surface area contributed by atoms with Gasteiger partial charge in [0.1, 0.15) is 7.05 Å². The van der Waals surface area contributed by atoms with Crippen molar-refractivity contribution in [3.63, 3.8) is 0 Å². The van der Waals surface area contributed by atoms with Crippen LogP contribution in [0, 0.1) is 0 Å². The number of aromatic nitrogens is 1. The first-order chi connectivity index (χ1) is 24.1. The van der Waals surface area contributed by atoms with Gasteiger partial charge in [0.25, 0.3) is 0 Å². The van der Waals surface area contributed by atoms with E-state index in [0.29, 0.717) is 0 Å². The summed E-state index contributed by atoms with van der Waals surface area (Å²) in [5.74, 6) is 0. The summed E-state index contributed by atoms with van der Waals surface area (Å²) in [4.78, 5) is 4.61. The van der Waals surface area contributed by atoms with Crippen LogP contribution in [0.25, 0.3) is 22.6 Å². The molecule has 0 atom stereocenters. The minimum atomic E-state index is -10.7. The van der Waals surface area contributed by atoms with Crippen LogP contribution in [0.5, 0.6) is 0 Å². The van der Waals surface area contributed by atoms with Crippen LogP contribution < -0.4 is 14.4 Å². The topological polar surface area (TPSA) is 10.4 Å². The number of anilines is 3. The molecule has 1 aliphatic carbocycles. The fourth-order valence-electron chi connectivity index (χ4n) is 6.33. The van der Waals surface area contributed by atoms with Crippen molar-refractivity contribution < 1.29 is 29.7 Å². The molecule has 1 aromatic heterocycles. The molecule has 7 rings (SSSR count). The standard InChI is InChI=1S/C41H36N3.F6P/c1-42-29-27-31(37-17-9-11-19-39(37)42)21-23-33-25-26-34(24-22-32-28-30-43(2)40-20-12-10-18-38(32)40)41(33)44(35-13-5-3-6-14-35)36-15-7-4-8-16-36;1-7(2,3,4,5)6/h3-24,27-30H,25-26H2,1-2H3;/q+1;-1. The van der Waals surface area contributed by atoms with Gasteiger partial charge in [0, 0.05) is 48.0 Å². The number of para-hydroxylation sites is 4. The zero-order valence-corrected chi connectivity index (χ0v) is 28.9. The van der Waals surface area contributed by atoms with Crippen LogP contribution >= 0.6 is 7.81 Å². The van der Waals surface area contributed by atoms with Gasteiger partial charge >= 0.3 is 33.0 Å². The molecule has 0 fully saturated rings. The van der Waals surface area contributed by atoms with E-state index in [1.54, 1.807) is 0 Å². The summed E-state index contributed by atoms with van der Waals surface area (Å²) < 4.78 is 61.4. The number of benzene rings is 4. The monoisotopic (exact) mass is 715 g/mol. The van der Waals surface area contributed by atoms with Crippen molar-refractivity contribution >= 4 is 47.4 Å². The number of pyridine rings is 1. The van der Waals surface area contributed by atoms with Crippen LogP contribution in [0.3, 0.4) is 0 Å². The van der Waals surface area contributed by atoms with E-state index in [4.69, 9.17) is 0 Å². The molecule has 0 N–H and O–H groups in total. The fourth-order valence-corrected chi connectivity index (χ4v) is 6.33. The molecule has 3 nitrogen and oxygen atoms in total. The quantitative estimate of drug-likeness (QED) is 0.0984. The third kappa shape index (κ3) is 9.24. The van der Waals surface area contributed by atoms with E-state index >= 15 is 0 Å². The van der Waals surface area contributed by atoms with Gasteiger partial charge in [0.2, 0.25) is 5.52 Å². The van der Waals surface area contributed by atoms with Crippen molar-refractivity contribution in [1.82, 2.24) is 0 Å². The Hall–Kier alpha value is -5.40. The van der Waals surface area contributed by atoms with Crippen LogP contribution in [0.1, 0.15) is 24.0 Å². The molecule has 2 aliphatic rings. The van der Waals surface area contributed by atoms with Crippen molar-refractivity contribution in [3.05, 3.63) is 180 Å². The number of halogens is 6. The molecule has 5 aromatic rings. The maximum absolute atomic E-state index is 10.7. The number of aryl methyl sites for hydroxylation is 1. The van der Waals surface area contributed by atoms with Gasteiger partial charge in [-0.1, -0.05) is 91.0 Å². The van der Waals surface area contributed by atoms with Crippen LogP contribution in [0.15, 0.2) is 169 Å². The average Bonchev–Trinajstić information content (AvgIpc) is 3.49. The molecule has 51 heavy (non-hydrogen) atoms. The molecule has 0 saturated heterocycles. The molecule has 0 saturated carbocycles. The maximum atomic E-state index is 9.87. The third-order valence-electron chi connectivity index (χ3n) is 8.60. The van der Waals surface area contributed by atoms with Gasteiger partial charge in [-0.2, -0.15) is 0 Å². The van der Waals surface area contributed by atoms with Crippen molar-refractivity contribution in [1.29, 1.82) is 0 Å². The molecule has 2 heterocycles. The molecular weight excluding hydrogens is 679 g/mol. The van der Waals surface area contributed by atoms with E-state index in [2.05, 4.69) is 187 Å². The number of nitrogens with zero attached hydrogens (tertiary/aromatic N) is 3.